The number of aryl methyl sites for hydroxylation is 1. The van der Waals surface area contributed by atoms with E-state index in [1.807, 2.05) is 19.1 Å². The van der Waals surface area contributed by atoms with E-state index < -0.39 is 0 Å². The predicted octanol–water partition coefficient (Wildman–Crippen LogP) is 4.81. The number of benzene rings is 2. The Kier molecular flexibility index (Phi) is 6.31. The van der Waals surface area contributed by atoms with Crippen molar-refractivity contribution in [1.29, 1.82) is 0 Å². The molecule has 0 aliphatic carbocycles. The maximum Gasteiger partial charge on any atom is 0.258 e. The Morgan fingerprint density at radius 2 is 1.87 bits per heavy atom. The number of carbonyl (C=O) groups is 1. The van der Waals surface area contributed by atoms with Crippen molar-refractivity contribution in [2.75, 3.05) is 6.61 Å². The molecule has 23 heavy (non-hydrogen) atoms. The van der Waals surface area contributed by atoms with Gasteiger partial charge in [-0.3, -0.25) is 4.79 Å². The van der Waals surface area contributed by atoms with Crippen LogP contribution in [0.5, 0.6) is 5.75 Å². The van der Waals surface area contributed by atoms with Gasteiger partial charge in [0, 0.05) is 5.02 Å². The lowest BCUT2D eigenvalue weighted by molar-refractivity contribution is -0.123. The zero-order valence-electron chi connectivity index (χ0n) is 13.1. The molecule has 0 unspecified atom stereocenters. The molecule has 0 saturated heterocycles. The molecule has 1 atom stereocenters. The minimum atomic E-state index is -0.205. The summed E-state index contributed by atoms with van der Waals surface area (Å²) in [4.78, 5) is 12.0. The molecular weight excluding hydrogens is 333 g/mol. The SMILES string of the molecule is CCc1ccc([C@@H](C)NC(=O)COc2ccc(Cl)cc2Cl)cc1. The fourth-order valence-corrected chi connectivity index (χ4v) is 2.61. The largest absolute Gasteiger partial charge is 0.482 e. The predicted molar refractivity (Wildman–Crippen MR) is 94.3 cm³/mol. The highest BCUT2D eigenvalue weighted by Crippen LogP contribution is 2.27. The van der Waals surface area contributed by atoms with Crippen molar-refractivity contribution in [2.45, 2.75) is 26.3 Å². The van der Waals surface area contributed by atoms with Gasteiger partial charge < -0.3 is 10.1 Å². The van der Waals surface area contributed by atoms with Crippen molar-refractivity contribution in [3.05, 3.63) is 63.6 Å². The third-order valence-corrected chi connectivity index (χ3v) is 4.05. The van der Waals surface area contributed by atoms with Crippen LogP contribution >= 0.6 is 23.2 Å². The molecule has 1 N–H and O–H groups in total. The molecule has 0 heterocycles. The van der Waals surface area contributed by atoms with Crippen LogP contribution in [0.1, 0.15) is 31.0 Å². The highest BCUT2D eigenvalue weighted by molar-refractivity contribution is 6.35. The first-order valence-corrected chi connectivity index (χ1v) is 8.21. The summed E-state index contributed by atoms with van der Waals surface area (Å²) < 4.78 is 5.42. The molecule has 122 valence electrons. The van der Waals surface area contributed by atoms with Crippen LogP contribution < -0.4 is 10.1 Å². The van der Waals surface area contributed by atoms with Gasteiger partial charge in [-0.2, -0.15) is 0 Å². The Labute approximate surface area is 146 Å². The van der Waals surface area contributed by atoms with Crippen LogP contribution in [-0.4, -0.2) is 12.5 Å². The number of halogens is 2. The van der Waals surface area contributed by atoms with Crippen molar-refractivity contribution in [3.63, 3.8) is 0 Å². The van der Waals surface area contributed by atoms with Crippen molar-refractivity contribution < 1.29 is 9.53 Å². The summed E-state index contributed by atoms with van der Waals surface area (Å²) in [5.74, 6) is 0.231. The number of amides is 1. The highest BCUT2D eigenvalue weighted by atomic mass is 35.5. The molecule has 0 fully saturated rings. The molecule has 1 amide bonds. The molecule has 2 aromatic rings. The number of nitrogens with one attached hydrogen (secondary N) is 1. The molecule has 0 saturated carbocycles. The normalized spacial score (nSPS) is 11.8. The van der Waals surface area contributed by atoms with Crippen LogP contribution in [0, 0.1) is 0 Å². The summed E-state index contributed by atoms with van der Waals surface area (Å²) in [5, 5.41) is 3.81. The second kappa shape index (κ2) is 8.23. The average molecular weight is 352 g/mol. The maximum atomic E-state index is 12.0. The minimum absolute atomic E-state index is 0.0855. The summed E-state index contributed by atoms with van der Waals surface area (Å²) >= 11 is 11.8. The first-order valence-electron chi connectivity index (χ1n) is 7.45. The Hall–Kier alpha value is -1.71. The topological polar surface area (TPSA) is 38.3 Å². The van der Waals surface area contributed by atoms with E-state index in [-0.39, 0.29) is 18.6 Å². The Morgan fingerprint density at radius 3 is 2.48 bits per heavy atom. The van der Waals surface area contributed by atoms with Gasteiger partial charge in [0.05, 0.1) is 11.1 Å². The van der Waals surface area contributed by atoms with Crippen LogP contribution in [0.3, 0.4) is 0 Å². The number of hydrogen-bond acceptors (Lipinski definition) is 2. The van der Waals surface area contributed by atoms with Gasteiger partial charge in [-0.05, 0) is 42.7 Å². The lowest BCUT2D eigenvalue weighted by Gasteiger charge is -2.15. The van der Waals surface area contributed by atoms with Gasteiger partial charge >= 0.3 is 0 Å². The third-order valence-electron chi connectivity index (χ3n) is 3.52. The van der Waals surface area contributed by atoms with Gasteiger partial charge in [-0.1, -0.05) is 54.4 Å². The zero-order chi connectivity index (χ0) is 16.8. The first-order chi connectivity index (χ1) is 11.0. The van der Waals surface area contributed by atoms with Crippen LogP contribution in [0.15, 0.2) is 42.5 Å². The molecule has 0 aromatic heterocycles. The van der Waals surface area contributed by atoms with Gasteiger partial charge in [0.25, 0.3) is 5.91 Å². The van der Waals surface area contributed by atoms with E-state index in [2.05, 4.69) is 24.4 Å². The summed E-state index contributed by atoms with van der Waals surface area (Å²) in [7, 11) is 0. The number of hydrogen-bond donors (Lipinski definition) is 1. The molecule has 2 aromatic carbocycles. The summed E-state index contributed by atoms with van der Waals surface area (Å²) in [6.45, 7) is 3.95. The van der Waals surface area contributed by atoms with Crippen molar-refractivity contribution in [2.24, 2.45) is 0 Å². The molecular formula is C18H19Cl2NO2. The van der Waals surface area contributed by atoms with E-state index in [0.29, 0.717) is 15.8 Å². The smallest absolute Gasteiger partial charge is 0.258 e. The molecule has 0 radical (unpaired) electrons. The Balaban J connectivity index is 1.88. The van der Waals surface area contributed by atoms with Crippen molar-refractivity contribution in [1.82, 2.24) is 5.32 Å². The molecule has 0 bridgehead atoms. The minimum Gasteiger partial charge on any atom is -0.482 e. The molecule has 0 spiro atoms. The molecule has 0 aliphatic heterocycles. The van der Waals surface area contributed by atoms with E-state index in [9.17, 15) is 4.79 Å². The van der Waals surface area contributed by atoms with E-state index in [4.69, 9.17) is 27.9 Å². The number of rotatable bonds is 6. The van der Waals surface area contributed by atoms with Crippen LogP contribution in [0.25, 0.3) is 0 Å². The number of carbonyl (C=O) groups excluding carboxylic acids is 1. The van der Waals surface area contributed by atoms with E-state index in [0.717, 1.165) is 12.0 Å². The van der Waals surface area contributed by atoms with Gasteiger partial charge in [-0.15, -0.1) is 0 Å². The lowest BCUT2D eigenvalue weighted by atomic mass is 10.1. The lowest BCUT2D eigenvalue weighted by Crippen LogP contribution is -2.31. The third kappa shape index (κ3) is 5.15. The molecule has 0 aliphatic rings. The van der Waals surface area contributed by atoms with Gasteiger partial charge in [0.15, 0.2) is 6.61 Å². The summed E-state index contributed by atoms with van der Waals surface area (Å²) in [6, 6.07) is 13.0. The first kappa shape index (κ1) is 17.6. The van der Waals surface area contributed by atoms with E-state index in [1.54, 1.807) is 18.2 Å². The van der Waals surface area contributed by atoms with Crippen molar-refractivity contribution >= 4 is 29.1 Å². The fraction of sp³-hybridized carbons (Fsp3) is 0.278. The number of ether oxygens (including phenoxy) is 1. The second-order valence-electron chi connectivity index (χ2n) is 5.25. The maximum absolute atomic E-state index is 12.0. The van der Waals surface area contributed by atoms with Gasteiger partial charge in [0.1, 0.15) is 5.75 Å². The molecule has 2 rings (SSSR count). The van der Waals surface area contributed by atoms with Gasteiger partial charge in [-0.25, -0.2) is 0 Å². The quantitative estimate of drug-likeness (QED) is 0.810. The molecule has 5 heteroatoms. The molecule has 3 nitrogen and oxygen atoms in total. The Morgan fingerprint density at radius 1 is 1.17 bits per heavy atom. The van der Waals surface area contributed by atoms with Crippen LogP contribution in [0.4, 0.5) is 0 Å². The highest BCUT2D eigenvalue weighted by Gasteiger charge is 2.11. The fourth-order valence-electron chi connectivity index (χ4n) is 2.14. The second-order valence-corrected chi connectivity index (χ2v) is 6.09. The summed E-state index contributed by atoms with van der Waals surface area (Å²) in [6.07, 6.45) is 0.997. The standard InChI is InChI=1S/C18H19Cl2NO2/c1-3-13-4-6-14(7-5-13)12(2)21-18(22)11-23-17-9-8-15(19)10-16(17)20/h4-10,12H,3,11H2,1-2H3,(H,21,22)/t12-/m1/s1. The van der Waals surface area contributed by atoms with Crippen molar-refractivity contribution in [3.8, 4) is 5.75 Å². The van der Waals surface area contributed by atoms with Crippen LogP contribution in [-0.2, 0) is 11.2 Å². The van der Waals surface area contributed by atoms with E-state index in [1.165, 1.54) is 5.56 Å². The zero-order valence-corrected chi connectivity index (χ0v) is 14.6. The van der Waals surface area contributed by atoms with Crippen LogP contribution in [0.2, 0.25) is 10.0 Å². The Bertz CT molecular complexity index is 671. The monoisotopic (exact) mass is 351 g/mol. The summed E-state index contributed by atoms with van der Waals surface area (Å²) in [5.41, 5.74) is 2.33. The average Bonchev–Trinajstić information content (AvgIpc) is 2.54. The van der Waals surface area contributed by atoms with E-state index >= 15 is 0 Å². The van der Waals surface area contributed by atoms with Gasteiger partial charge in [0.2, 0.25) is 0 Å².